The van der Waals surface area contributed by atoms with E-state index >= 15 is 0 Å². The van der Waals surface area contributed by atoms with E-state index in [2.05, 4.69) is 11.2 Å². The van der Waals surface area contributed by atoms with Crippen molar-refractivity contribution in [1.82, 2.24) is 5.32 Å². The van der Waals surface area contributed by atoms with Gasteiger partial charge < -0.3 is 14.8 Å². The van der Waals surface area contributed by atoms with Gasteiger partial charge in [-0.05, 0) is 30.2 Å². The number of ether oxygens (including phenoxy) is 2. The summed E-state index contributed by atoms with van der Waals surface area (Å²) in [5, 5.41) is 3.45. The molecule has 0 aliphatic rings. The fourth-order valence-corrected chi connectivity index (χ4v) is 2.47. The maximum absolute atomic E-state index is 14.2. The van der Waals surface area contributed by atoms with Gasteiger partial charge in [0.1, 0.15) is 12.4 Å². The van der Waals surface area contributed by atoms with Gasteiger partial charge >= 0.3 is 0 Å². The molecule has 0 heterocycles. The molecule has 0 saturated carbocycles. The van der Waals surface area contributed by atoms with E-state index in [4.69, 9.17) is 27.5 Å². The number of aryl methyl sites for hydroxylation is 1. The first-order chi connectivity index (χ1) is 12.5. The number of hydrogen-bond acceptors (Lipinski definition) is 3. The normalized spacial score (nSPS) is 10.1. The predicted octanol–water partition coefficient (Wildman–Crippen LogP) is 3.75. The van der Waals surface area contributed by atoms with E-state index in [1.807, 2.05) is 12.1 Å². The minimum absolute atomic E-state index is 0.0502. The van der Waals surface area contributed by atoms with E-state index in [1.54, 1.807) is 18.2 Å². The van der Waals surface area contributed by atoms with E-state index in [1.165, 1.54) is 13.2 Å². The number of benzene rings is 2. The van der Waals surface area contributed by atoms with Crippen LogP contribution in [0.5, 0.6) is 11.5 Å². The predicted molar refractivity (Wildman–Crippen MR) is 98.9 cm³/mol. The van der Waals surface area contributed by atoms with Gasteiger partial charge in [0.2, 0.25) is 5.91 Å². The van der Waals surface area contributed by atoms with Crippen molar-refractivity contribution in [3.05, 3.63) is 58.4 Å². The van der Waals surface area contributed by atoms with Gasteiger partial charge in [-0.1, -0.05) is 29.7 Å². The molecule has 2 rings (SSSR count). The molecule has 2 aromatic carbocycles. The molecule has 2 aromatic rings. The molecule has 0 saturated heterocycles. The number of rotatable bonds is 8. The average Bonchev–Trinajstić information content (AvgIpc) is 2.64. The number of carbonyl (C=O) groups excluding carboxylic acids is 1. The summed E-state index contributed by atoms with van der Waals surface area (Å²) in [6.45, 7) is 0.335. The molecule has 1 N–H and O–H groups in total. The minimum Gasteiger partial charge on any atom is -0.497 e. The van der Waals surface area contributed by atoms with Crippen LogP contribution in [-0.2, 0) is 17.8 Å². The average molecular weight is 376 g/mol. The Bertz CT molecular complexity index is 800. The van der Waals surface area contributed by atoms with E-state index in [0.29, 0.717) is 29.3 Å². The number of halogens is 2. The maximum Gasteiger partial charge on any atom is 0.220 e. The van der Waals surface area contributed by atoms with Crippen LogP contribution in [0.1, 0.15) is 17.5 Å². The molecule has 0 aromatic heterocycles. The van der Waals surface area contributed by atoms with E-state index in [-0.39, 0.29) is 24.7 Å². The maximum atomic E-state index is 14.2. The molecular formula is C20H19ClFNO3. The summed E-state index contributed by atoms with van der Waals surface area (Å²) in [7, 11) is 1.44. The number of amides is 1. The van der Waals surface area contributed by atoms with Crippen LogP contribution in [0.25, 0.3) is 0 Å². The van der Waals surface area contributed by atoms with Crippen molar-refractivity contribution in [2.75, 3.05) is 13.7 Å². The van der Waals surface area contributed by atoms with Crippen molar-refractivity contribution in [3.8, 4) is 23.8 Å². The first-order valence-corrected chi connectivity index (χ1v) is 8.35. The summed E-state index contributed by atoms with van der Waals surface area (Å²) in [5.41, 5.74) is 1.46. The second-order valence-electron chi connectivity index (χ2n) is 5.49. The van der Waals surface area contributed by atoms with Gasteiger partial charge in [0.15, 0.2) is 11.6 Å². The summed E-state index contributed by atoms with van der Waals surface area (Å²) in [4.78, 5) is 12.1. The Morgan fingerprint density at radius 3 is 2.69 bits per heavy atom. The molecule has 6 heteroatoms. The molecule has 4 nitrogen and oxygen atoms in total. The highest BCUT2D eigenvalue weighted by Crippen LogP contribution is 2.29. The number of carbonyl (C=O) groups is 1. The molecule has 0 aliphatic carbocycles. The van der Waals surface area contributed by atoms with Crippen LogP contribution < -0.4 is 14.8 Å². The second kappa shape index (κ2) is 9.69. The molecule has 0 bridgehead atoms. The molecular weight excluding hydrogens is 357 g/mol. The van der Waals surface area contributed by atoms with Gasteiger partial charge in [-0.15, -0.1) is 6.42 Å². The van der Waals surface area contributed by atoms with Gasteiger partial charge in [-0.25, -0.2) is 4.39 Å². The van der Waals surface area contributed by atoms with Crippen LogP contribution in [0, 0.1) is 18.2 Å². The second-order valence-corrected chi connectivity index (χ2v) is 5.93. The Labute approximate surface area is 157 Å². The Hall–Kier alpha value is -2.71. The van der Waals surface area contributed by atoms with Crippen LogP contribution in [0.4, 0.5) is 4.39 Å². The molecule has 26 heavy (non-hydrogen) atoms. The van der Waals surface area contributed by atoms with Crippen LogP contribution >= 0.6 is 11.6 Å². The van der Waals surface area contributed by atoms with Gasteiger partial charge in [0.25, 0.3) is 0 Å². The summed E-state index contributed by atoms with van der Waals surface area (Å²) in [5.74, 6) is 1.97. The first-order valence-electron chi connectivity index (χ1n) is 7.97. The van der Waals surface area contributed by atoms with Crippen molar-refractivity contribution >= 4 is 17.5 Å². The van der Waals surface area contributed by atoms with Crippen molar-refractivity contribution in [1.29, 1.82) is 0 Å². The van der Waals surface area contributed by atoms with E-state index in [9.17, 15) is 9.18 Å². The lowest BCUT2D eigenvalue weighted by atomic mass is 10.1. The van der Waals surface area contributed by atoms with E-state index in [0.717, 1.165) is 5.56 Å². The monoisotopic (exact) mass is 375 g/mol. The summed E-state index contributed by atoms with van der Waals surface area (Å²) in [6, 6.07) is 10.1. The van der Waals surface area contributed by atoms with Crippen LogP contribution in [-0.4, -0.2) is 19.6 Å². The molecule has 0 unspecified atom stereocenters. The highest BCUT2D eigenvalue weighted by atomic mass is 35.5. The Balaban J connectivity index is 1.98. The lowest BCUT2D eigenvalue weighted by molar-refractivity contribution is -0.121. The molecule has 0 atom stereocenters. The minimum atomic E-state index is -0.573. The van der Waals surface area contributed by atoms with Crippen LogP contribution in [0.2, 0.25) is 5.02 Å². The fourth-order valence-electron chi connectivity index (χ4n) is 2.34. The smallest absolute Gasteiger partial charge is 0.220 e. The zero-order valence-corrected chi connectivity index (χ0v) is 15.1. The zero-order chi connectivity index (χ0) is 18.9. The van der Waals surface area contributed by atoms with Gasteiger partial charge in [0.05, 0.1) is 7.11 Å². The molecule has 1 amide bonds. The summed E-state index contributed by atoms with van der Waals surface area (Å²) < 4.78 is 24.5. The van der Waals surface area contributed by atoms with Crippen molar-refractivity contribution < 1.29 is 18.7 Å². The van der Waals surface area contributed by atoms with Gasteiger partial charge in [0, 0.05) is 29.6 Å². The summed E-state index contributed by atoms with van der Waals surface area (Å²) >= 11 is 5.83. The van der Waals surface area contributed by atoms with Crippen LogP contribution in [0.3, 0.4) is 0 Å². The van der Waals surface area contributed by atoms with Crippen molar-refractivity contribution in [2.24, 2.45) is 0 Å². The fraction of sp³-hybridized carbons (Fsp3) is 0.250. The van der Waals surface area contributed by atoms with Crippen molar-refractivity contribution in [3.63, 3.8) is 0 Å². The Kier molecular flexibility index (Phi) is 7.31. The van der Waals surface area contributed by atoms with E-state index < -0.39 is 5.82 Å². The third-order valence-corrected chi connectivity index (χ3v) is 3.91. The number of nitrogens with one attached hydrogen (secondary N) is 1. The van der Waals surface area contributed by atoms with Gasteiger partial charge in [-0.3, -0.25) is 4.79 Å². The highest BCUT2D eigenvalue weighted by Gasteiger charge is 2.14. The first kappa shape index (κ1) is 19.6. The zero-order valence-electron chi connectivity index (χ0n) is 14.4. The Morgan fingerprint density at radius 2 is 2.04 bits per heavy atom. The lowest BCUT2D eigenvalue weighted by Gasteiger charge is -2.13. The SMILES string of the molecule is C#CCOc1c(F)cc(OC)cc1CCC(=O)NCc1ccc(Cl)cc1. The number of terminal acetylenes is 1. The number of methoxy groups -OCH3 is 1. The van der Waals surface area contributed by atoms with Crippen LogP contribution in [0.15, 0.2) is 36.4 Å². The molecule has 0 radical (unpaired) electrons. The van der Waals surface area contributed by atoms with Gasteiger partial charge in [-0.2, -0.15) is 0 Å². The molecule has 136 valence electrons. The highest BCUT2D eigenvalue weighted by molar-refractivity contribution is 6.30. The lowest BCUT2D eigenvalue weighted by Crippen LogP contribution is -2.23. The third kappa shape index (κ3) is 5.68. The quantitative estimate of drug-likeness (QED) is 0.715. The Morgan fingerprint density at radius 1 is 1.31 bits per heavy atom. The largest absolute Gasteiger partial charge is 0.497 e. The number of hydrogen-bond donors (Lipinski definition) is 1. The molecule has 0 fully saturated rings. The topological polar surface area (TPSA) is 47.6 Å². The molecule has 0 aliphatic heterocycles. The third-order valence-electron chi connectivity index (χ3n) is 3.65. The summed E-state index contributed by atoms with van der Waals surface area (Å²) in [6.07, 6.45) is 5.63. The molecule has 0 spiro atoms. The van der Waals surface area contributed by atoms with Crippen molar-refractivity contribution in [2.45, 2.75) is 19.4 Å². The standard InChI is InChI=1S/C20H19ClFNO3/c1-3-10-26-20-15(11-17(25-2)12-18(20)22)6-9-19(24)23-13-14-4-7-16(21)8-5-14/h1,4-5,7-8,11-12H,6,9-10,13H2,2H3,(H,23,24).